The smallest absolute Gasteiger partial charge is 0.240 e. The van der Waals surface area contributed by atoms with Crippen LogP contribution in [0.15, 0.2) is 0 Å². The van der Waals surface area contributed by atoms with Gasteiger partial charge in [0.05, 0.1) is 5.54 Å². The quantitative estimate of drug-likeness (QED) is 0.837. The van der Waals surface area contributed by atoms with Gasteiger partial charge in [0.1, 0.15) is 0 Å². The van der Waals surface area contributed by atoms with E-state index in [1.165, 1.54) is 38.5 Å². The molecule has 1 aliphatic heterocycles. The van der Waals surface area contributed by atoms with E-state index in [1.54, 1.807) is 0 Å². The van der Waals surface area contributed by atoms with Gasteiger partial charge in [0.15, 0.2) is 0 Å². The van der Waals surface area contributed by atoms with E-state index in [-0.39, 0.29) is 5.91 Å². The highest BCUT2D eigenvalue weighted by Gasteiger charge is 2.50. The van der Waals surface area contributed by atoms with Crippen LogP contribution in [0.5, 0.6) is 0 Å². The maximum Gasteiger partial charge on any atom is 0.240 e. The molecule has 3 N–H and O–H groups in total. The van der Waals surface area contributed by atoms with Crippen LogP contribution in [0.25, 0.3) is 0 Å². The Labute approximate surface area is 133 Å². The number of hydrogen-bond donors (Lipinski definition) is 2. The zero-order chi connectivity index (χ0) is 15.2. The first-order valence-electron chi connectivity index (χ1n) is 9.22. The molecule has 4 bridgehead atoms. The molecule has 1 saturated heterocycles. The van der Waals surface area contributed by atoms with Gasteiger partial charge in [-0.1, -0.05) is 0 Å². The van der Waals surface area contributed by atoms with E-state index in [9.17, 15) is 4.79 Å². The minimum absolute atomic E-state index is 0.0422. The Bertz CT molecular complexity index is 407. The molecule has 0 radical (unpaired) electrons. The minimum atomic E-state index is -0.695. The van der Waals surface area contributed by atoms with Crippen LogP contribution in [-0.4, -0.2) is 31.2 Å². The molecule has 5 fully saturated rings. The van der Waals surface area contributed by atoms with Crippen molar-refractivity contribution in [3.05, 3.63) is 0 Å². The van der Waals surface area contributed by atoms with Gasteiger partial charge in [0.25, 0.3) is 0 Å². The molecule has 0 aromatic carbocycles. The van der Waals surface area contributed by atoms with Crippen molar-refractivity contribution in [3.63, 3.8) is 0 Å². The van der Waals surface area contributed by atoms with E-state index in [4.69, 9.17) is 10.5 Å². The molecule has 124 valence electrons. The van der Waals surface area contributed by atoms with Crippen molar-refractivity contribution in [1.82, 2.24) is 5.32 Å². The predicted molar refractivity (Wildman–Crippen MR) is 85.2 cm³/mol. The summed E-state index contributed by atoms with van der Waals surface area (Å²) in [7, 11) is 0. The van der Waals surface area contributed by atoms with E-state index in [1.807, 2.05) is 0 Å². The lowest BCUT2D eigenvalue weighted by atomic mass is 9.49. The molecule has 1 heterocycles. The Hall–Kier alpha value is -0.610. The highest BCUT2D eigenvalue weighted by Crippen LogP contribution is 2.61. The number of carbonyl (C=O) groups is 1. The number of carbonyl (C=O) groups excluding carboxylic acids is 1. The molecule has 4 heteroatoms. The van der Waals surface area contributed by atoms with Crippen LogP contribution >= 0.6 is 0 Å². The monoisotopic (exact) mass is 306 g/mol. The fourth-order valence-electron chi connectivity index (χ4n) is 6.18. The number of nitrogens with one attached hydrogen (secondary N) is 1. The number of amides is 1. The number of rotatable bonds is 4. The van der Waals surface area contributed by atoms with Crippen LogP contribution in [0.1, 0.15) is 57.8 Å². The van der Waals surface area contributed by atoms with Crippen LogP contribution in [0, 0.1) is 23.2 Å². The number of ether oxygens (including phenoxy) is 1. The lowest BCUT2D eigenvalue weighted by Crippen LogP contribution is -2.57. The number of hydrogen-bond acceptors (Lipinski definition) is 3. The van der Waals surface area contributed by atoms with E-state index in [2.05, 4.69) is 5.32 Å². The van der Waals surface area contributed by atoms with Gasteiger partial charge >= 0.3 is 0 Å². The summed E-state index contributed by atoms with van der Waals surface area (Å²) in [5.74, 6) is 3.00. The molecule has 0 spiro atoms. The van der Waals surface area contributed by atoms with Gasteiger partial charge in [-0.15, -0.1) is 0 Å². The summed E-state index contributed by atoms with van der Waals surface area (Å²) in [4.78, 5) is 12.4. The molecule has 0 aromatic heterocycles. The second kappa shape index (κ2) is 5.48. The minimum Gasteiger partial charge on any atom is -0.381 e. The first-order chi connectivity index (χ1) is 10.6. The molecule has 5 aliphatic rings. The topological polar surface area (TPSA) is 64.4 Å². The second-order valence-corrected chi connectivity index (χ2v) is 8.69. The van der Waals surface area contributed by atoms with E-state index >= 15 is 0 Å². The molecule has 1 amide bonds. The fourth-order valence-corrected chi connectivity index (χ4v) is 6.18. The van der Waals surface area contributed by atoms with Crippen molar-refractivity contribution in [2.45, 2.75) is 63.3 Å². The maximum atomic E-state index is 12.4. The standard InChI is InChI=1S/C18H30N2O2/c19-18(2-5-22-6-3-18)16(21)20-4-1-17-10-13-7-14(11-17)9-15(8-13)12-17/h13-15H,1-12,19H2,(H,20,21). The lowest BCUT2D eigenvalue weighted by Gasteiger charge is -2.57. The molecule has 0 unspecified atom stereocenters. The summed E-state index contributed by atoms with van der Waals surface area (Å²) in [5, 5.41) is 3.15. The lowest BCUT2D eigenvalue weighted by molar-refractivity contribution is -0.130. The zero-order valence-corrected chi connectivity index (χ0v) is 13.6. The average Bonchev–Trinajstić information content (AvgIpc) is 2.46. The molecule has 5 rings (SSSR count). The SMILES string of the molecule is NC1(C(=O)NCCC23CC4CC(CC(C4)C2)C3)CCOCC1. The van der Waals surface area contributed by atoms with Crippen molar-refractivity contribution in [1.29, 1.82) is 0 Å². The average molecular weight is 306 g/mol. The van der Waals surface area contributed by atoms with E-state index < -0.39 is 5.54 Å². The highest BCUT2D eigenvalue weighted by molar-refractivity contribution is 5.86. The fraction of sp³-hybridized carbons (Fsp3) is 0.944. The van der Waals surface area contributed by atoms with Crippen molar-refractivity contribution in [2.24, 2.45) is 28.9 Å². The van der Waals surface area contributed by atoms with Gasteiger partial charge in [-0.25, -0.2) is 0 Å². The van der Waals surface area contributed by atoms with Crippen molar-refractivity contribution >= 4 is 5.91 Å². The van der Waals surface area contributed by atoms with Gasteiger partial charge < -0.3 is 15.8 Å². The number of nitrogens with two attached hydrogens (primary N) is 1. The van der Waals surface area contributed by atoms with Crippen molar-refractivity contribution < 1.29 is 9.53 Å². The highest BCUT2D eigenvalue weighted by atomic mass is 16.5. The summed E-state index contributed by atoms with van der Waals surface area (Å²) in [5.41, 5.74) is 6.10. The summed E-state index contributed by atoms with van der Waals surface area (Å²) in [6, 6.07) is 0. The predicted octanol–water partition coefficient (Wildman–Crippen LogP) is 2.22. The van der Waals surface area contributed by atoms with E-state index in [0.29, 0.717) is 31.5 Å². The summed E-state index contributed by atoms with van der Waals surface area (Å²) in [6.45, 7) is 2.03. The molecule has 4 saturated carbocycles. The van der Waals surface area contributed by atoms with Gasteiger partial charge in [-0.2, -0.15) is 0 Å². The maximum absolute atomic E-state index is 12.4. The Kier molecular flexibility index (Phi) is 3.73. The van der Waals surface area contributed by atoms with Crippen LogP contribution in [0.3, 0.4) is 0 Å². The zero-order valence-electron chi connectivity index (χ0n) is 13.6. The molecular weight excluding hydrogens is 276 g/mol. The van der Waals surface area contributed by atoms with Crippen molar-refractivity contribution in [3.8, 4) is 0 Å². The van der Waals surface area contributed by atoms with Crippen LogP contribution in [-0.2, 0) is 9.53 Å². The Morgan fingerprint density at radius 2 is 1.59 bits per heavy atom. The molecule has 0 atom stereocenters. The Morgan fingerprint density at radius 3 is 2.14 bits per heavy atom. The van der Waals surface area contributed by atoms with Gasteiger partial charge in [0.2, 0.25) is 5.91 Å². The first-order valence-corrected chi connectivity index (χ1v) is 9.22. The largest absolute Gasteiger partial charge is 0.381 e. The Balaban J connectivity index is 1.31. The van der Waals surface area contributed by atoms with Crippen LogP contribution < -0.4 is 11.1 Å². The molecule has 22 heavy (non-hydrogen) atoms. The van der Waals surface area contributed by atoms with Crippen molar-refractivity contribution in [2.75, 3.05) is 19.8 Å². The molecular formula is C18H30N2O2. The third-order valence-electron chi connectivity index (χ3n) is 6.94. The summed E-state index contributed by atoms with van der Waals surface area (Å²) >= 11 is 0. The second-order valence-electron chi connectivity index (χ2n) is 8.69. The normalized spacial score (nSPS) is 42.3. The van der Waals surface area contributed by atoms with Crippen LogP contribution in [0.4, 0.5) is 0 Å². The summed E-state index contributed by atoms with van der Waals surface area (Å²) in [6.07, 6.45) is 11.2. The third kappa shape index (κ3) is 2.69. The molecule has 4 nitrogen and oxygen atoms in total. The third-order valence-corrected chi connectivity index (χ3v) is 6.94. The van der Waals surface area contributed by atoms with Gasteiger partial charge in [0, 0.05) is 19.8 Å². The Morgan fingerprint density at radius 1 is 1.05 bits per heavy atom. The van der Waals surface area contributed by atoms with Gasteiger partial charge in [-0.3, -0.25) is 4.79 Å². The molecule has 0 aromatic rings. The van der Waals surface area contributed by atoms with E-state index in [0.717, 1.165) is 30.7 Å². The summed E-state index contributed by atoms with van der Waals surface area (Å²) < 4.78 is 5.32. The first kappa shape index (κ1) is 14.9. The van der Waals surface area contributed by atoms with Crippen LogP contribution in [0.2, 0.25) is 0 Å². The van der Waals surface area contributed by atoms with Gasteiger partial charge in [-0.05, 0) is 81.0 Å². The molecule has 4 aliphatic carbocycles.